The number of benzene rings is 2. The maximum atomic E-state index is 12.5. The molecule has 3 rings (SSSR count). The molecule has 1 amide bonds. The first-order valence-electron chi connectivity index (χ1n) is 8.37. The van der Waals surface area contributed by atoms with E-state index in [2.05, 4.69) is 27.8 Å². The number of nitrogens with one attached hydrogen (secondary N) is 1. The van der Waals surface area contributed by atoms with Crippen LogP contribution < -0.4 is 5.32 Å². The van der Waals surface area contributed by atoms with Crippen LogP contribution in [-0.4, -0.2) is 26.1 Å². The van der Waals surface area contributed by atoms with Gasteiger partial charge in [0.25, 0.3) is 5.91 Å². The maximum absolute atomic E-state index is 12.5. The van der Waals surface area contributed by atoms with Crippen LogP contribution in [0.4, 0.5) is 5.69 Å². The summed E-state index contributed by atoms with van der Waals surface area (Å²) in [5.74, 6) is 0.492. The Bertz CT molecular complexity index is 868. The molecule has 6 heteroatoms. The highest BCUT2D eigenvalue weighted by Gasteiger charge is 2.14. The standard InChI is InChI=1S/C19H21N5O/c1-4-14-8-10-17(11-9-14)20-19(25)16-7-5-6-15(12-16)18-21-22-23-24(18)13(2)3/h5-13H,4H2,1-3H3,(H,20,25). The van der Waals surface area contributed by atoms with Crippen LogP contribution in [0.5, 0.6) is 0 Å². The van der Waals surface area contributed by atoms with Gasteiger partial charge in [0.15, 0.2) is 5.82 Å². The van der Waals surface area contributed by atoms with Gasteiger partial charge in [-0.3, -0.25) is 4.79 Å². The fourth-order valence-corrected chi connectivity index (χ4v) is 2.56. The van der Waals surface area contributed by atoms with Crippen LogP contribution in [0.2, 0.25) is 0 Å². The molecular weight excluding hydrogens is 314 g/mol. The molecule has 0 aliphatic carbocycles. The van der Waals surface area contributed by atoms with E-state index in [0.717, 1.165) is 17.7 Å². The van der Waals surface area contributed by atoms with E-state index in [1.54, 1.807) is 16.8 Å². The number of carbonyl (C=O) groups is 1. The molecule has 0 saturated carbocycles. The van der Waals surface area contributed by atoms with Gasteiger partial charge in [0.05, 0.1) is 6.04 Å². The summed E-state index contributed by atoms with van der Waals surface area (Å²) in [7, 11) is 0. The maximum Gasteiger partial charge on any atom is 0.255 e. The number of hydrogen-bond acceptors (Lipinski definition) is 4. The molecule has 1 aromatic heterocycles. The summed E-state index contributed by atoms with van der Waals surface area (Å²) in [5, 5.41) is 14.7. The average molecular weight is 335 g/mol. The van der Waals surface area contributed by atoms with Gasteiger partial charge in [-0.25, -0.2) is 4.68 Å². The zero-order valence-corrected chi connectivity index (χ0v) is 14.6. The van der Waals surface area contributed by atoms with Gasteiger partial charge in [-0.1, -0.05) is 31.2 Å². The van der Waals surface area contributed by atoms with Crippen molar-refractivity contribution in [2.45, 2.75) is 33.2 Å². The van der Waals surface area contributed by atoms with Gasteiger partial charge in [-0.15, -0.1) is 5.10 Å². The van der Waals surface area contributed by atoms with Crippen LogP contribution in [0.1, 0.15) is 42.7 Å². The molecule has 0 aliphatic heterocycles. The Morgan fingerprint density at radius 1 is 1.16 bits per heavy atom. The molecule has 25 heavy (non-hydrogen) atoms. The molecule has 2 aromatic carbocycles. The minimum absolute atomic E-state index is 0.138. The number of hydrogen-bond donors (Lipinski definition) is 1. The van der Waals surface area contributed by atoms with E-state index in [1.165, 1.54) is 5.56 Å². The fraction of sp³-hybridized carbons (Fsp3) is 0.263. The van der Waals surface area contributed by atoms with E-state index in [-0.39, 0.29) is 11.9 Å². The van der Waals surface area contributed by atoms with E-state index in [9.17, 15) is 4.79 Å². The van der Waals surface area contributed by atoms with Crippen LogP contribution in [0, 0.1) is 0 Å². The molecule has 3 aromatic rings. The van der Waals surface area contributed by atoms with Crippen LogP contribution >= 0.6 is 0 Å². The first-order valence-corrected chi connectivity index (χ1v) is 8.37. The van der Waals surface area contributed by atoms with Crippen molar-refractivity contribution in [2.75, 3.05) is 5.32 Å². The normalized spacial score (nSPS) is 10.9. The van der Waals surface area contributed by atoms with Crippen molar-refractivity contribution in [1.29, 1.82) is 0 Å². The van der Waals surface area contributed by atoms with E-state index >= 15 is 0 Å². The van der Waals surface area contributed by atoms with Crippen molar-refractivity contribution >= 4 is 11.6 Å². The number of nitrogens with zero attached hydrogens (tertiary/aromatic N) is 4. The second-order valence-electron chi connectivity index (χ2n) is 6.13. The summed E-state index contributed by atoms with van der Waals surface area (Å²) >= 11 is 0. The zero-order valence-electron chi connectivity index (χ0n) is 14.6. The summed E-state index contributed by atoms with van der Waals surface area (Å²) in [6.45, 7) is 6.12. The van der Waals surface area contributed by atoms with Gasteiger partial charge in [0.2, 0.25) is 0 Å². The Balaban J connectivity index is 1.83. The Morgan fingerprint density at radius 2 is 1.92 bits per heavy atom. The number of aromatic nitrogens is 4. The van der Waals surface area contributed by atoms with Gasteiger partial charge in [-0.05, 0) is 60.5 Å². The van der Waals surface area contributed by atoms with Gasteiger partial charge in [-0.2, -0.15) is 0 Å². The molecule has 6 nitrogen and oxygen atoms in total. The van der Waals surface area contributed by atoms with Gasteiger partial charge in [0.1, 0.15) is 0 Å². The zero-order chi connectivity index (χ0) is 17.8. The van der Waals surface area contributed by atoms with E-state index < -0.39 is 0 Å². The van der Waals surface area contributed by atoms with Crippen molar-refractivity contribution < 1.29 is 4.79 Å². The SMILES string of the molecule is CCc1ccc(NC(=O)c2cccc(-c3nnnn3C(C)C)c2)cc1. The Labute approximate surface area is 146 Å². The highest BCUT2D eigenvalue weighted by molar-refractivity contribution is 6.04. The van der Waals surface area contributed by atoms with E-state index in [0.29, 0.717) is 11.4 Å². The third-order valence-corrected chi connectivity index (χ3v) is 3.98. The molecule has 0 radical (unpaired) electrons. The lowest BCUT2D eigenvalue weighted by molar-refractivity contribution is 0.102. The fourth-order valence-electron chi connectivity index (χ4n) is 2.56. The van der Waals surface area contributed by atoms with Crippen LogP contribution in [0.3, 0.4) is 0 Å². The molecule has 1 N–H and O–H groups in total. The van der Waals surface area contributed by atoms with Gasteiger partial charge in [0, 0.05) is 16.8 Å². The number of anilines is 1. The minimum atomic E-state index is -0.158. The second kappa shape index (κ2) is 7.25. The number of carbonyl (C=O) groups excluding carboxylic acids is 1. The third-order valence-electron chi connectivity index (χ3n) is 3.98. The topological polar surface area (TPSA) is 72.7 Å². The molecule has 0 fully saturated rings. The predicted octanol–water partition coefficient (Wildman–Crippen LogP) is 3.74. The van der Waals surface area contributed by atoms with E-state index in [4.69, 9.17) is 0 Å². The molecule has 1 heterocycles. The predicted molar refractivity (Wildman–Crippen MR) is 97.4 cm³/mol. The number of tetrazole rings is 1. The van der Waals surface area contributed by atoms with Gasteiger partial charge < -0.3 is 5.32 Å². The number of aryl methyl sites for hydroxylation is 1. The third kappa shape index (κ3) is 3.74. The molecule has 0 bridgehead atoms. The summed E-state index contributed by atoms with van der Waals surface area (Å²) in [5.41, 5.74) is 3.39. The van der Waals surface area contributed by atoms with Gasteiger partial charge >= 0.3 is 0 Å². The Hall–Kier alpha value is -3.02. The molecular formula is C19H21N5O. The van der Waals surface area contributed by atoms with Crippen molar-refractivity contribution in [3.8, 4) is 11.4 Å². The number of amides is 1. The molecule has 0 aliphatic rings. The second-order valence-corrected chi connectivity index (χ2v) is 6.13. The van der Waals surface area contributed by atoms with Crippen LogP contribution in [0.25, 0.3) is 11.4 Å². The lowest BCUT2D eigenvalue weighted by atomic mass is 10.1. The number of rotatable bonds is 5. The average Bonchev–Trinajstić information content (AvgIpc) is 3.12. The highest BCUT2D eigenvalue weighted by atomic mass is 16.1. The minimum Gasteiger partial charge on any atom is -0.322 e. The lowest BCUT2D eigenvalue weighted by Gasteiger charge is -2.09. The molecule has 128 valence electrons. The first-order chi connectivity index (χ1) is 12.1. The lowest BCUT2D eigenvalue weighted by Crippen LogP contribution is -2.12. The van der Waals surface area contributed by atoms with Crippen molar-refractivity contribution in [3.63, 3.8) is 0 Å². The van der Waals surface area contributed by atoms with Crippen molar-refractivity contribution in [3.05, 3.63) is 59.7 Å². The van der Waals surface area contributed by atoms with Crippen LogP contribution in [0.15, 0.2) is 48.5 Å². The largest absolute Gasteiger partial charge is 0.322 e. The summed E-state index contributed by atoms with van der Waals surface area (Å²) in [6.07, 6.45) is 0.973. The highest BCUT2D eigenvalue weighted by Crippen LogP contribution is 2.21. The summed E-state index contributed by atoms with van der Waals surface area (Å²) in [4.78, 5) is 12.5. The van der Waals surface area contributed by atoms with E-state index in [1.807, 2.05) is 50.2 Å². The quantitative estimate of drug-likeness (QED) is 0.771. The molecule has 0 spiro atoms. The molecule has 0 unspecified atom stereocenters. The van der Waals surface area contributed by atoms with Crippen molar-refractivity contribution in [2.24, 2.45) is 0 Å². The smallest absolute Gasteiger partial charge is 0.255 e. The first kappa shape index (κ1) is 16.8. The summed E-state index contributed by atoms with van der Waals surface area (Å²) < 4.78 is 1.74. The monoisotopic (exact) mass is 335 g/mol. The summed E-state index contributed by atoms with van der Waals surface area (Å²) in [6, 6.07) is 15.3. The Kier molecular flexibility index (Phi) is 4.88. The Morgan fingerprint density at radius 3 is 2.60 bits per heavy atom. The van der Waals surface area contributed by atoms with Crippen LogP contribution in [-0.2, 0) is 6.42 Å². The van der Waals surface area contributed by atoms with Crippen molar-refractivity contribution in [1.82, 2.24) is 20.2 Å². The molecule has 0 saturated heterocycles. The molecule has 0 atom stereocenters.